The Labute approximate surface area is 193 Å². The second-order valence-corrected chi connectivity index (χ2v) is 9.07. The number of nitrogens with one attached hydrogen (secondary N) is 1. The average molecular weight is 464 g/mol. The van der Waals surface area contributed by atoms with Crippen molar-refractivity contribution in [3.63, 3.8) is 0 Å². The van der Waals surface area contributed by atoms with Gasteiger partial charge < -0.3 is 14.7 Å². The van der Waals surface area contributed by atoms with E-state index in [0.29, 0.717) is 0 Å². The van der Waals surface area contributed by atoms with Gasteiger partial charge in [-0.25, -0.2) is 9.78 Å². The zero-order valence-corrected chi connectivity index (χ0v) is 18.4. The number of fused-ring (bicyclic) bond motifs is 3. The molecule has 0 bridgehead atoms. The Hall–Kier alpha value is -3.72. The highest BCUT2D eigenvalue weighted by Gasteiger charge is 2.35. The SMILES string of the molecule is O=C(O)CN(C(=O)c1cnc(NC(=O)OCC2c3ccccc3-c3ccccc32)s1)C1CC1. The maximum absolute atomic E-state index is 12.7. The third-order valence-corrected chi connectivity index (χ3v) is 6.72. The third-order valence-electron chi connectivity index (χ3n) is 5.82. The molecule has 33 heavy (non-hydrogen) atoms. The van der Waals surface area contributed by atoms with Crippen LogP contribution < -0.4 is 5.32 Å². The zero-order valence-electron chi connectivity index (χ0n) is 17.6. The van der Waals surface area contributed by atoms with Crippen LogP contribution in [0.3, 0.4) is 0 Å². The third kappa shape index (κ3) is 4.31. The van der Waals surface area contributed by atoms with Gasteiger partial charge in [0.1, 0.15) is 18.0 Å². The van der Waals surface area contributed by atoms with Crippen molar-refractivity contribution in [3.8, 4) is 11.1 Å². The van der Waals surface area contributed by atoms with E-state index < -0.39 is 18.0 Å². The fraction of sp³-hybridized carbons (Fsp3) is 0.250. The Balaban J connectivity index is 1.23. The second-order valence-electron chi connectivity index (χ2n) is 8.04. The molecule has 2 aromatic carbocycles. The summed E-state index contributed by atoms with van der Waals surface area (Å²) in [5, 5.41) is 11.9. The maximum Gasteiger partial charge on any atom is 0.413 e. The molecular weight excluding hydrogens is 442 g/mol. The van der Waals surface area contributed by atoms with Crippen LogP contribution in [-0.4, -0.2) is 52.2 Å². The van der Waals surface area contributed by atoms with Crippen molar-refractivity contribution in [2.24, 2.45) is 0 Å². The first-order valence-corrected chi connectivity index (χ1v) is 11.4. The molecule has 0 atom stereocenters. The molecule has 0 aliphatic heterocycles. The van der Waals surface area contributed by atoms with Gasteiger partial charge in [0.05, 0.1) is 6.20 Å². The lowest BCUT2D eigenvalue weighted by Crippen LogP contribution is -2.37. The predicted molar refractivity (Wildman–Crippen MR) is 123 cm³/mol. The molecule has 168 valence electrons. The highest BCUT2D eigenvalue weighted by molar-refractivity contribution is 7.17. The van der Waals surface area contributed by atoms with Crippen LogP contribution in [0, 0.1) is 0 Å². The van der Waals surface area contributed by atoms with Crippen LogP contribution in [0.4, 0.5) is 9.93 Å². The smallest absolute Gasteiger partial charge is 0.413 e. The van der Waals surface area contributed by atoms with E-state index in [1.54, 1.807) is 0 Å². The number of aliphatic carboxylic acids is 1. The summed E-state index contributed by atoms with van der Waals surface area (Å²) in [7, 11) is 0. The molecule has 1 heterocycles. The molecule has 5 rings (SSSR count). The number of amides is 2. The van der Waals surface area contributed by atoms with Crippen LogP contribution in [0.1, 0.15) is 39.6 Å². The number of carboxylic acids is 1. The van der Waals surface area contributed by atoms with E-state index in [1.807, 2.05) is 36.4 Å². The van der Waals surface area contributed by atoms with E-state index >= 15 is 0 Å². The summed E-state index contributed by atoms with van der Waals surface area (Å²) >= 11 is 0.998. The van der Waals surface area contributed by atoms with Gasteiger partial charge in [-0.15, -0.1) is 0 Å². The van der Waals surface area contributed by atoms with Crippen molar-refractivity contribution >= 4 is 34.4 Å². The van der Waals surface area contributed by atoms with E-state index in [4.69, 9.17) is 9.84 Å². The molecule has 1 fully saturated rings. The largest absolute Gasteiger partial charge is 0.480 e. The van der Waals surface area contributed by atoms with Gasteiger partial charge in [-0.1, -0.05) is 59.9 Å². The van der Waals surface area contributed by atoms with Crippen LogP contribution in [0.2, 0.25) is 0 Å². The lowest BCUT2D eigenvalue weighted by Gasteiger charge is -2.18. The molecule has 2 N–H and O–H groups in total. The topological polar surface area (TPSA) is 109 Å². The van der Waals surface area contributed by atoms with Crippen molar-refractivity contribution in [3.05, 3.63) is 70.7 Å². The summed E-state index contributed by atoms with van der Waals surface area (Å²) in [6.45, 7) is -0.179. The number of thiazole rings is 1. The minimum atomic E-state index is -1.06. The number of anilines is 1. The van der Waals surface area contributed by atoms with E-state index in [0.717, 1.165) is 46.4 Å². The number of carbonyl (C=O) groups excluding carboxylic acids is 2. The van der Waals surface area contributed by atoms with E-state index in [2.05, 4.69) is 22.4 Å². The lowest BCUT2D eigenvalue weighted by atomic mass is 9.98. The minimum absolute atomic E-state index is 0.0470. The molecule has 0 radical (unpaired) electrons. The van der Waals surface area contributed by atoms with Gasteiger partial charge in [-0.3, -0.25) is 14.9 Å². The zero-order chi connectivity index (χ0) is 22.9. The summed E-state index contributed by atoms with van der Waals surface area (Å²) < 4.78 is 5.51. The number of ether oxygens (including phenoxy) is 1. The number of benzene rings is 2. The van der Waals surface area contributed by atoms with Gasteiger partial charge >= 0.3 is 12.1 Å². The van der Waals surface area contributed by atoms with Gasteiger partial charge in [-0.2, -0.15) is 0 Å². The molecule has 1 aromatic heterocycles. The minimum Gasteiger partial charge on any atom is -0.480 e. The lowest BCUT2D eigenvalue weighted by molar-refractivity contribution is -0.137. The van der Waals surface area contributed by atoms with Crippen LogP contribution in [0.5, 0.6) is 0 Å². The summed E-state index contributed by atoms with van der Waals surface area (Å²) in [5.74, 6) is -1.51. The fourth-order valence-electron chi connectivity index (χ4n) is 4.19. The Kier molecular flexibility index (Phi) is 5.55. The van der Waals surface area contributed by atoms with Crippen molar-refractivity contribution in [2.45, 2.75) is 24.8 Å². The Morgan fingerprint density at radius 2 is 1.70 bits per heavy atom. The van der Waals surface area contributed by atoms with Gasteiger partial charge in [0.2, 0.25) is 0 Å². The Morgan fingerprint density at radius 1 is 1.06 bits per heavy atom. The Bertz CT molecular complexity index is 1190. The number of hydrogen-bond donors (Lipinski definition) is 2. The molecule has 0 saturated heterocycles. The van der Waals surface area contributed by atoms with Crippen molar-refractivity contribution in [1.82, 2.24) is 9.88 Å². The van der Waals surface area contributed by atoms with Gasteiger partial charge in [-0.05, 0) is 35.1 Å². The molecule has 0 spiro atoms. The number of rotatable bonds is 7. The van der Waals surface area contributed by atoms with Crippen LogP contribution in [0.15, 0.2) is 54.7 Å². The van der Waals surface area contributed by atoms with E-state index in [-0.39, 0.29) is 35.1 Å². The molecule has 8 nitrogen and oxygen atoms in total. The highest BCUT2D eigenvalue weighted by atomic mass is 32.1. The highest BCUT2D eigenvalue weighted by Crippen LogP contribution is 2.44. The Morgan fingerprint density at radius 3 is 2.30 bits per heavy atom. The summed E-state index contributed by atoms with van der Waals surface area (Å²) in [6.07, 6.45) is 2.28. The number of hydrogen-bond acceptors (Lipinski definition) is 6. The number of carboxylic acid groups (broad SMARTS) is 1. The summed E-state index contributed by atoms with van der Waals surface area (Å²) in [6, 6.07) is 16.1. The normalized spacial score (nSPS) is 14.3. The maximum atomic E-state index is 12.7. The first kappa shape index (κ1) is 21.1. The summed E-state index contributed by atoms with van der Waals surface area (Å²) in [5.41, 5.74) is 4.53. The second kappa shape index (κ2) is 8.67. The number of aromatic nitrogens is 1. The summed E-state index contributed by atoms with van der Waals surface area (Å²) in [4.78, 5) is 41.9. The van der Waals surface area contributed by atoms with Crippen LogP contribution >= 0.6 is 11.3 Å². The first-order valence-electron chi connectivity index (χ1n) is 10.6. The average Bonchev–Trinajstić information content (AvgIpc) is 3.47. The van der Waals surface area contributed by atoms with Crippen molar-refractivity contribution in [1.29, 1.82) is 0 Å². The monoisotopic (exact) mass is 463 g/mol. The molecule has 9 heteroatoms. The number of carbonyl (C=O) groups is 3. The number of nitrogens with zero attached hydrogens (tertiary/aromatic N) is 2. The molecule has 0 unspecified atom stereocenters. The quantitative estimate of drug-likeness (QED) is 0.544. The molecular formula is C24H21N3O5S. The molecule has 2 aliphatic rings. The van der Waals surface area contributed by atoms with E-state index in [9.17, 15) is 14.4 Å². The van der Waals surface area contributed by atoms with Crippen LogP contribution in [0.25, 0.3) is 11.1 Å². The predicted octanol–water partition coefficient (Wildman–Crippen LogP) is 4.19. The molecule has 1 saturated carbocycles. The fourth-order valence-corrected chi connectivity index (χ4v) is 4.95. The van der Waals surface area contributed by atoms with Gasteiger partial charge in [0.15, 0.2) is 5.13 Å². The van der Waals surface area contributed by atoms with E-state index in [1.165, 1.54) is 11.1 Å². The van der Waals surface area contributed by atoms with Gasteiger partial charge in [0, 0.05) is 12.0 Å². The van der Waals surface area contributed by atoms with Crippen molar-refractivity contribution < 1.29 is 24.2 Å². The van der Waals surface area contributed by atoms with Gasteiger partial charge in [0.25, 0.3) is 5.91 Å². The van der Waals surface area contributed by atoms with Crippen LogP contribution in [-0.2, 0) is 9.53 Å². The standard InChI is InChI=1S/C24H21N3O5S/c28-21(29)12-27(14-9-10-14)22(30)20-11-25-23(33-20)26-24(31)32-13-19-17-7-3-1-5-15(17)16-6-2-4-8-18(16)19/h1-8,11,14,19H,9-10,12-13H2,(H,28,29)(H,25,26,31). The van der Waals surface area contributed by atoms with Crippen molar-refractivity contribution in [2.75, 3.05) is 18.5 Å². The molecule has 2 aliphatic carbocycles. The molecule has 3 aromatic rings. The first-order chi connectivity index (χ1) is 16.0. The molecule has 2 amide bonds.